The highest BCUT2D eigenvalue weighted by Crippen LogP contribution is 2.48. The number of nitrogens with two attached hydrogens (primary N) is 1. The lowest BCUT2D eigenvalue weighted by molar-refractivity contribution is 0.213. The molecule has 0 aliphatic heterocycles. The zero-order valence-corrected chi connectivity index (χ0v) is 11.3. The molecule has 2 saturated carbocycles. The maximum absolute atomic E-state index is 5.67. The summed E-state index contributed by atoms with van der Waals surface area (Å²) >= 11 is 0. The second kappa shape index (κ2) is 5.06. The van der Waals surface area contributed by atoms with Crippen LogP contribution in [0.15, 0.2) is 16.7 Å². The molecule has 1 heterocycles. The lowest BCUT2D eigenvalue weighted by Gasteiger charge is -2.27. The summed E-state index contributed by atoms with van der Waals surface area (Å²) in [5.74, 6) is 3.93. The molecule has 0 amide bonds. The first kappa shape index (κ1) is 12.2. The summed E-state index contributed by atoms with van der Waals surface area (Å²) < 4.78 is 5.38. The number of hydrogen-bond donors (Lipinski definition) is 1. The van der Waals surface area contributed by atoms with Crippen molar-refractivity contribution in [3.05, 3.63) is 23.7 Å². The van der Waals surface area contributed by atoms with E-state index >= 15 is 0 Å². The summed E-state index contributed by atoms with van der Waals surface area (Å²) in [5, 5.41) is 0. The van der Waals surface area contributed by atoms with Gasteiger partial charge in [0.2, 0.25) is 0 Å². The fraction of sp³-hybridized carbons (Fsp3) is 0.733. The standard InChI is InChI=1S/C15H24N2O/c1-17(9-13-4-5-18-15(13)8-16)10-14-7-11-2-3-12(14)6-11/h4-5,11-12,14H,2-3,6-10,16H2,1H3. The van der Waals surface area contributed by atoms with Crippen LogP contribution in [-0.4, -0.2) is 18.5 Å². The van der Waals surface area contributed by atoms with Crippen molar-refractivity contribution in [3.63, 3.8) is 0 Å². The van der Waals surface area contributed by atoms with Crippen LogP contribution in [0.25, 0.3) is 0 Å². The summed E-state index contributed by atoms with van der Waals surface area (Å²) in [6.45, 7) is 2.71. The second-order valence-electron chi connectivity index (χ2n) is 6.20. The third-order valence-corrected chi connectivity index (χ3v) is 4.89. The van der Waals surface area contributed by atoms with Crippen molar-refractivity contribution < 1.29 is 4.42 Å². The Labute approximate surface area is 109 Å². The fourth-order valence-corrected chi connectivity index (χ4v) is 4.04. The van der Waals surface area contributed by atoms with Crippen molar-refractivity contribution >= 4 is 0 Å². The minimum atomic E-state index is 0.504. The van der Waals surface area contributed by atoms with Crippen molar-refractivity contribution in [2.24, 2.45) is 23.5 Å². The Bertz CT molecular complexity index is 401. The molecule has 2 N–H and O–H groups in total. The highest BCUT2D eigenvalue weighted by molar-refractivity contribution is 5.16. The predicted molar refractivity (Wildman–Crippen MR) is 71.9 cm³/mol. The van der Waals surface area contributed by atoms with Gasteiger partial charge in [0.1, 0.15) is 5.76 Å². The van der Waals surface area contributed by atoms with Crippen molar-refractivity contribution in [2.75, 3.05) is 13.6 Å². The van der Waals surface area contributed by atoms with Crippen LogP contribution in [0.3, 0.4) is 0 Å². The molecule has 2 aliphatic rings. The molecule has 0 radical (unpaired) electrons. The van der Waals surface area contributed by atoms with E-state index in [9.17, 15) is 0 Å². The van der Waals surface area contributed by atoms with Gasteiger partial charge in [-0.2, -0.15) is 0 Å². The molecule has 2 fully saturated rings. The first-order valence-electron chi connectivity index (χ1n) is 7.20. The van der Waals surface area contributed by atoms with Gasteiger partial charge < -0.3 is 15.1 Å². The van der Waals surface area contributed by atoms with E-state index in [4.69, 9.17) is 10.2 Å². The predicted octanol–water partition coefficient (Wildman–Crippen LogP) is 2.61. The average molecular weight is 248 g/mol. The summed E-state index contributed by atoms with van der Waals surface area (Å²) in [7, 11) is 2.22. The molecule has 100 valence electrons. The SMILES string of the molecule is CN(Cc1ccoc1CN)CC1CC2CCC1C2. The van der Waals surface area contributed by atoms with Crippen LogP contribution >= 0.6 is 0 Å². The van der Waals surface area contributed by atoms with E-state index in [2.05, 4.69) is 18.0 Å². The van der Waals surface area contributed by atoms with E-state index in [1.165, 1.54) is 37.8 Å². The number of furan rings is 1. The van der Waals surface area contributed by atoms with Crippen LogP contribution in [0.4, 0.5) is 0 Å². The summed E-state index contributed by atoms with van der Waals surface area (Å²) in [6.07, 6.45) is 7.68. The van der Waals surface area contributed by atoms with E-state index in [0.717, 1.165) is 30.1 Å². The molecule has 1 aromatic heterocycles. The van der Waals surface area contributed by atoms with Gasteiger partial charge in [0.05, 0.1) is 12.8 Å². The zero-order chi connectivity index (χ0) is 12.5. The van der Waals surface area contributed by atoms with E-state index in [0.29, 0.717) is 6.54 Å². The summed E-state index contributed by atoms with van der Waals surface area (Å²) in [5.41, 5.74) is 6.92. The molecule has 3 rings (SSSR count). The molecule has 0 spiro atoms. The first-order valence-corrected chi connectivity index (χ1v) is 7.20. The maximum Gasteiger partial charge on any atom is 0.121 e. The quantitative estimate of drug-likeness (QED) is 0.871. The normalized spacial score (nSPS) is 30.5. The van der Waals surface area contributed by atoms with Gasteiger partial charge in [-0.25, -0.2) is 0 Å². The molecule has 1 aromatic rings. The van der Waals surface area contributed by atoms with E-state index in [1.54, 1.807) is 6.26 Å². The lowest BCUT2D eigenvalue weighted by atomic mass is 9.88. The Morgan fingerprint density at radius 3 is 2.94 bits per heavy atom. The zero-order valence-electron chi connectivity index (χ0n) is 11.3. The molecule has 2 aliphatic carbocycles. The van der Waals surface area contributed by atoms with Crippen LogP contribution in [0.2, 0.25) is 0 Å². The monoisotopic (exact) mass is 248 g/mol. The highest BCUT2D eigenvalue weighted by atomic mass is 16.3. The molecule has 3 atom stereocenters. The molecule has 2 bridgehead atoms. The van der Waals surface area contributed by atoms with E-state index in [-0.39, 0.29) is 0 Å². The van der Waals surface area contributed by atoms with E-state index in [1.807, 2.05) is 0 Å². The van der Waals surface area contributed by atoms with Crippen molar-refractivity contribution in [1.82, 2.24) is 4.90 Å². The Hall–Kier alpha value is -0.800. The van der Waals surface area contributed by atoms with Gasteiger partial charge >= 0.3 is 0 Å². The molecule has 0 aromatic carbocycles. The third kappa shape index (κ3) is 2.34. The number of nitrogens with zero attached hydrogens (tertiary/aromatic N) is 1. The van der Waals surface area contributed by atoms with Crippen LogP contribution in [0, 0.1) is 17.8 Å². The summed E-state index contributed by atoms with van der Waals surface area (Å²) in [4.78, 5) is 2.44. The van der Waals surface area contributed by atoms with Crippen molar-refractivity contribution in [2.45, 2.75) is 38.8 Å². The molecule has 0 saturated heterocycles. The van der Waals surface area contributed by atoms with Gasteiger partial charge in [0, 0.05) is 18.7 Å². The Morgan fingerprint density at radius 2 is 2.28 bits per heavy atom. The highest BCUT2D eigenvalue weighted by Gasteiger charge is 2.39. The summed E-state index contributed by atoms with van der Waals surface area (Å²) in [6, 6.07) is 2.06. The van der Waals surface area contributed by atoms with Gasteiger partial charge in [-0.3, -0.25) is 0 Å². The smallest absolute Gasteiger partial charge is 0.121 e. The minimum absolute atomic E-state index is 0.504. The maximum atomic E-state index is 5.67. The Balaban J connectivity index is 1.54. The Morgan fingerprint density at radius 1 is 1.39 bits per heavy atom. The fourth-order valence-electron chi connectivity index (χ4n) is 4.04. The largest absolute Gasteiger partial charge is 0.468 e. The van der Waals surface area contributed by atoms with E-state index < -0.39 is 0 Å². The number of rotatable bonds is 5. The van der Waals surface area contributed by atoms with Gasteiger partial charge in [0.25, 0.3) is 0 Å². The Kier molecular flexibility index (Phi) is 3.44. The molecular weight excluding hydrogens is 224 g/mol. The molecule has 18 heavy (non-hydrogen) atoms. The third-order valence-electron chi connectivity index (χ3n) is 4.89. The van der Waals surface area contributed by atoms with Crippen LogP contribution in [0.5, 0.6) is 0 Å². The van der Waals surface area contributed by atoms with Crippen molar-refractivity contribution in [1.29, 1.82) is 0 Å². The molecular formula is C15H24N2O. The van der Waals surface area contributed by atoms with Gasteiger partial charge in [-0.1, -0.05) is 6.42 Å². The second-order valence-corrected chi connectivity index (χ2v) is 6.20. The van der Waals surface area contributed by atoms with Gasteiger partial charge in [-0.15, -0.1) is 0 Å². The van der Waals surface area contributed by atoms with Crippen LogP contribution < -0.4 is 5.73 Å². The van der Waals surface area contributed by atoms with Gasteiger partial charge in [0.15, 0.2) is 0 Å². The number of fused-ring (bicyclic) bond motifs is 2. The average Bonchev–Trinajstić information content (AvgIpc) is 3.04. The molecule has 3 nitrogen and oxygen atoms in total. The minimum Gasteiger partial charge on any atom is -0.468 e. The van der Waals surface area contributed by atoms with Crippen LogP contribution in [0.1, 0.15) is 37.0 Å². The van der Waals surface area contributed by atoms with Crippen molar-refractivity contribution in [3.8, 4) is 0 Å². The first-order chi connectivity index (χ1) is 8.76. The molecule has 3 unspecified atom stereocenters. The van der Waals surface area contributed by atoms with Gasteiger partial charge in [-0.05, 0) is 50.1 Å². The number of hydrogen-bond acceptors (Lipinski definition) is 3. The lowest BCUT2D eigenvalue weighted by Crippen LogP contribution is -2.28. The van der Waals surface area contributed by atoms with Crippen LogP contribution in [-0.2, 0) is 13.1 Å². The topological polar surface area (TPSA) is 42.4 Å². The molecule has 3 heteroatoms.